The Labute approximate surface area is 229 Å². The van der Waals surface area contributed by atoms with E-state index in [-0.39, 0.29) is 34.5 Å². The van der Waals surface area contributed by atoms with E-state index in [2.05, 4.69) is 20.9 Å². The Morgan fingerprint density at radius 1 is 1.13 bits per heavy atom. The SMILES string of the molecule is CC(C)(C)C[C@H]1N[C@@H](C(=O)NCCN=C(N)N)[C@H](c2ccc(F)c(Cl)c2)[C@@]12C(=O)Nc1cc(Cl)c(F)cc12. The topological polar surface area (TPSA) is 135 Å². The average Bonchev–Trinajstić information content (AvgIpc) is 3.28. The number of nitrogens with one attached hydrogen (secondary N) is 3. The molecule has 0 aliphatic carbocycles. The molecule has 4 rings (SSSR count). The third kappa shape index (κ3) is 5.04. The second-order valence-electron chi connectivity index (χ2n) is 10.8. The maximum absolute atomic E-state index is 14.9. The summed E-state index contributed by atoms with van der Waals surface area (Å²) in [5, 5.41) is 8.71. The van der Waals surface area contributed by atoms with Crippen LogP contribution in [0.25, 0.3) is 0 Å². The molecule has 0 bridgehead atoms. The lowest BCUT2D eigenvalue weighted by atomic mass is 9.62. The van der Waals surface area contributed by atoms with Crippen LogP contribution in [0.15, 0.2) is 35.3 Å². The lowest BCUT2D eigenvalue weighted by Gasteiger charge is -2.37. The number of carbonyl (C=O) groups excluding carboxylic acids is 2. The van der Waals surface area contributed by atoms with Gasteiger partial charge in [-0.15, -0.1) is 0 Å². The third-order valence-electron chi connectivity index (χ3n) is 6.99. The summed E-state index contributed by atoms with van der Waals surface area (Å²) in [5.41, 5.74) is 10.2. The van der Waals surface area contributed by atoms with E-state index in [4.69, 9.17) is 34.7 Å². The first-order valence-electron chi connectivity index (χ1n) is 12.1. The summed E-state index contributed by atoms with van der Waals surface area (Å²) in [7, 11) is 0. The Kier molecular flexibility index (Phi) is 7.62. The minimum Gasteiger partial charge on any atom is -0.370 e. The van der Waals surface area contributed by atoms with Crippen LogP contribution in [0.5, 0.6) is 0 Å². The van der Waals surface area contributed by atoms with Gasteiger partial charge in [-0.25, -0.2) is 8.78 Å². The molecule has 2 heterocycles. The lowest BCUT2D eigenvalue weighted by molar-refractivity contribution is -0.123. The molecule has 0 radical (unpaired) electrons. The number of carbonyl (C=O) groups is 2. The van der Waals surface area contributed by atoms with E-state index in [1.165, 1.54) is 30.3 Å². The van der Waals surface area contributed by atoms with Gasteiger partial charge in [0.15, 0.2) is 5.96 Å². The van der Waals surface area contributed by atoms with Gasteiger partial charge in [-0.05, 0) is 47.2 Å². The maximum atomic E-state index is 14.9. The summed E-state index contributed by atoms with van der Waals surface area (Å²) in [6.07, 6.45) is 0.452. The van der Waals surface area contributed by atoms with E-state index in [9.17, 15) is 18.4 Å². The largest absolute Gasteiger partial charge is 0.370 e. The van der Waals surface area contributed by atoms with Gasteiger partial charge in [0.05, 0.1) is 22.6 Å². The Morgan fingerprint density at radius 3 is 2.45 bits per heavy atom. The van der Waals surface area contributed by atoms with Crippen molar-refractivity contribution in [1.82, 2.24) is 10.6 Å². The highest BCUT2D eigenvalue weighted by Gasteiger charge is 2.65. The molecule has 1 fully saturated rings. The number of guanidine groups is 1. The van der Waals surface area contributed by atoms with Gasteiger partial charge >= 0.3 is 0 Å². The number of rotatable bonds is 6. The van der Waals surface area contributed by atoms with Crippen LogP contribution in [0.4, 0.5) is 14.5 Å². The zero-order valence-electron chi connectivity index (χ0n) is 21.2. The van der Waals surface area contributed by atoms with E-state index >= 15 is 0 Å². The molecular weight excluding hydrogens is 537 g/mol. The zero-order chi connectivity index (χ0) is 28.0. The molecule has 12 heteroatoms. The number of aliphatic imine (C=N–C) groups is 1. The fraction of sp³-hybridized carbons (Fsp3) is 0.423. The molecule has 38 heavy (non-hydrogen) atoms. The highest BCUT2D eigenvalue weighted by Crippen LogP contribution is 2.57. The van der Waals surface area contributed by atoms with Crippen LogP contribution in [0.3, 0.4) is 0 Å². The van der Waals surface area contributed by atoms with Gasteiger partial charge in [0.25, 0.3) is 0 Å². The number of hydrogen-bond acceptors (Lipinski definition) is 4. The maximum Gasteiger partial charge on any atom is 0.237 e. The van der Waals surface area contributed by atoms with Gasteiger partial charge in [0.1, 0.15) is 17.0 Å². The van der Waals surface area contributed by atoms with Crippen molar-refractivity contribution in [2.24, 2.45) is 21.9 Å². The molecule has 204 valence electrons. The van der Waals surface area contributed by atoms with E-state index in [0.29, 0.717) is 23.2 Å². The molecule has 0 saturated carbocycles. The summed E-state index contributed by atoms with van der Waals surface area (Å²) in [5.74, 6) is -3.17. The van der Waals surface area contributed by atoms with Gasteiger partial charge in [-0.1, -0.05) is 50.0 Å². The summed E-state index contributed by atoms with van der Waals surface area (Å²) in [6.45, 7) is 6.30. The predicted octanol–water partition coefficient (Wildman–Crippen LogP) is 3.41. The minimum atomic E-state index is -1.43. The van der Waals surface area contributed by atoms with Gasteiger partial charge in [0.2, 0.25) is 11.8 Å². The van der Waals surface area contributed by atoms with Crippen LogP contribution in [0.2, 0.25) is 10.0 Å². The van der Waals surface area contributed by atoms with E-state index in [1.54, 1.807) is 0 Å². The van der Waals surface area contributed by atoms with Crippen molar-refractivity contribution in [2.75, 3.05) is 18.4 Å². The Morgan fingerprint density at radius 2 is 1.82 bits per heavy atom. The van der Waals surface area contributed by atoms with Crippen LogP contribution in [0, 0.1) is 17.0 Å². The molecule has 1 spiro atoms. The minimum absolute atomic E-state index is 0.110. The van der Waals surface area contributed by atoms with Gasteiger partial charge < -0.3 is 27.4 Å². The Hall–Kier alpha value is -2.95. The zero-order valence-corrected chi connectivity index (χ0v) is 22.7. The van der Waals surface area contributed by atoms with E-state index in [1.807, 2.05) is 20.8 Å². The lowest BCUT2D eigenvalue weighted by Crippen LogP contribution is -2.49. The van der Waals surface area contributed by atoms with Gasteiger partial charge in [0, 0.05) is 24.2 Å². The molecule has 8 nitrogen and oxygen atoms in total. The van der Waals surface area contributed by atoms with Crippen molar-refractivity contribution in [3.63, 3.8) is 0 Å². The molecule has 2 amide bonds. The number of anilines is 1. The summed E-state index contributed by atoms with van der Waals surface area (Å²) >= 11 is 12.2. The first kappa shape index (κ1) is 28.1. The summed E-state index contributed by atoms with van der Waals surface area (Å²) in [6, 6.07) is 5.12. The number of fused-ring (bicyclic) bond motifs is 2. The fourth-order valence-corrected chi connectivity index (χ4v) is 5.97. The molecular formula is C26H30Cl2F2N6O2. The molecule has 1 saturated heterocycles. The number of nitrogens with zero attached hydrogens (tertiary/aromatic N) is 1. The molecule has 2 aliphatic rings. The summed E-state index contributed by atoms with van der Waals surface area (Å²) < 4.78 is 29.1. The first-order chi connectivity index (χ1) is 17.8. The van der Waals surface area contributed by atoms with Crippen molar-refractivity contribution < 1.29 is 18.4 Å². The quantitative estimate of drug-likeness (QED) is 0.207. The monoisotopic (exact) mass is 566 g/mol. The number of benzene rings is 2. The molecule has 0 aromatic heterocycles. The van der Waals surface area contributed by atoms with E-state index < -0.39 is 46.9 Å². The summed E-state index contributed by atoms with van der Waals surface area (Å²) in [4.78, 5) is 31.5. The second kappa shape index (κ2) is 10.3. The third-order valence-corrected chi connectivity index (χ3v) is 7.57. The first-order valence-corrected chi connectivity index (χ1v) is 12.9. The molecule has 7 N–H and O–H groups in total. The average molecular weight is 567 g/mol. The molecule has 2 aliphatic heterocycles. The molecule has 0 unspecified atom stereocenters. The van der Waals surface area contributed by atoms with Crippen molar-refractivity contribution in [2.45, 2.75) is 50.6 Å². The van der Waals surface area contributed by atoms with Crippen LogP contribution < -0.4 is 27.4 Å². The van der Waals surface area contributed by atoms with Gasteiger partial charge in [-0.2, -0.15) is 0 Å². The number of hydrogen-bond donors (Lipinski definition) is 5. The normalized spacial score (nSPS) is 24.3. The van der Waals surface area contributed by atoms with Crippen molar-refractivity contribution in [3.05, 3.63) is 63.1 Å². The highest BCUT2D eigenvalue weighted by atomic mass is 35.5. The second-order valence-corrected chi connectivity index (χ2v) is 11.7. The predicted molar refractivity (Wildman–Crippen MR) is 144 cm³/mol. The Balaban J connectivity index is 1.91. The highest BCUT2D eigenvalue weighted by molar-refractivity contribution is 6.31. The van der Waals surface area contributed by atoms with Crippen molar-refractivity contribution in [3.8, 4) is 0 Å². The van der Waals surface area contributed by atoms with Crippen LogP contribution >= 0.6 is 23.2 Å². The van der Waals surface area contributed by atoms with Crippen LogP contribution in [-0.2, 0) is 15.0 Å². The number of halogens is 4. The smallest absolute Gasteiger partial charge is 0.237 e. The van der Waals surface area contributed by atoms with Gasteiger partial charge in [-0.3, -0.25) is 14.6 Å². The van der Waals surface area contributed by atoms with Crippen molar-refractivity contribution >= 4 is 46.7 Å². The van der Waals surface area contributed by atoms with E-state index in [0.717, 1.165) is 0 Å². The number of amides is 2. The molecule has 4 atom stereocenters. The van der Waals surface area contributed by atoms with Crippen LogP contribution in [0.1, 0.15) is 44.2 Å². The molecule has 2 aromatic rings. The molecule has 2 aromatic carbocycles. The standard InChI is InChI=1S/C26H30Cl2F2N6O2/c1-25(2,3)11-19-26(13-9-17(30)15(28)10-18(13)35-23(26)38)20(12-4-5-16(29)14(27)8-12)21(36-19)22(37)33-6-7-34-24(31)32/h4-5,8-10,19-21,36H,6-7,11H2,1-3H3,(H,33,37)(H,35,38)(H4,31,32,34)/t19-,20+,21-,26+/m1/s1. The fourth-order valence-electron chi connectivity index (χ4n) is 5.61. The van der Waals surface area contributed by atoms with Crippen LogP contribution in [-0.4, -0.2) is 42.9 Å². The number of nitrogens with two attached hydrogens (primary N) is 2. The Bertz CT molecular complexity index is 1310. The van der Waals surface area contributed by atoms with Crippen molar-refractivity contribution in [1.29, 1.82) is 0 Å².